The van der Waals surface area contributed by atoms with Gasteiger partial charge in [-0.25, -0.2) is 0 Å². The van der Waals surface area contributed by atoms with Crippen LogP contribution in [0.2, 0.25) is 0 Å². The van der Waals surface area contributed by atoms with Crippen LogP contribution in [-0.4, -0.2) is 6.04 Å². The highest BCUT2D eigenvalue weighted by atomic mass is 15.2. The average Bonchev–Trinajstić information content (AvgIpc) is 3.73. The number of fused-ring (bicyclic) bond motifs is 4. The Hall–Kier alpha value is -8.26. The second-order valence-corrected chi connectivity index (χ2v) is 19.6. The predicted octanol–water partition coefficient (Wildman–Crippen LogP) is 19.5. The van der Waals surface area contributed by atoms with Crippen molar-refractivity contribution in [3.8, 4) is 55.6 Å². The minimum Gasteiger partial charge on any atom is -0.334 e. The molecule has 348 valence electrons. The Bertz CT molecular complexity index is 3600. The molecule has 0 fully saturated rings. The fourth-order valence-electron chi connectivity index (χ4n) is 12.2. The van der Waals surface area contributed by atoms with Crippen molar-refractivity contribution in [1.82, 2.24) is 0 Å². The lowest BCUT2D eigenvalue weighted by Gasteiger charge is -2.35. The second kappa shape index (κ2) is 19.5. The van der Waals surface area contributed by atoms with E-state index >= 15 is 0 Å². The molecule has 9 aromatic carbocycles. The Labute approximate surface area is 426 Å². The molecule has 0 bridgehead atoms. The fourth-order valence-corrected chi connectivity index (χ4v) is 12.2. The first-order valence-corrected chi connectivity index (χ1v) is 26.0. The number of hydrogen-bond acceptors (Lipinski definition) is 1. The number of allylic oxidation sites excluding steroid dienone is 6. The third-order valence-electron chi connectivity index (χ3n) is 15.7. The van der Waals surface area contributed by atoms with Gasteiger partial charge in [0.1, 0.15) is 0 Å². The van der Waals surface area contributed by atoms with Crippen LogP contribution >= 0.6 is 0 Å². The van der Waals surface area contributed by atoms with Gasteiger partial charge in [-0.1, -0.05) is 238 Å². The van der Waals surface area contributed by atoms with Gasteiger partial charge in [-0.05, 0) is 162 Å². The van der Waals surface area contributed by atoms with E-state index in [1.54, 1.807) is 0 Å². The molecule has 1 atom stereocenters. The van der Waals surface area contributed by atoms with Crippen LogP contribution in [0.1, 0.15) is 73.8 Å². The monoisotopic (exact) mass is 925 g/mol. The van der Waals surface area contributed by atoms with E-state index in [1.165, 1.54) is 111 Å². The van der Waals surface area contributed by atoms with Crippen molar-refractivity contribution >= 4 is 39.9 Å². The quantitative estimate of drug-likeness (QED) is 0.110. The van der Waals surface area contributed by atoms with Gasteiger partial charge < -0.3 is 4.90 Å². The summed E-state index contributed by atoms with van der Waals surface area (Å²) < 4.78 is 0. The summed E-state index contributed by atoms with van der Waals surface area (Å²) in [5, 5.41) is 2.48. The Kier molecular flexibility index (Phi) is 12.2. The average molecular weight is 926 g/mol. The van der Waals surface area contributed by atoms with Gasteiger partial charge >= 0.3 is 0 Å². The molecular weight excluding hydrogens is 867 g/mol. The van der Waals surface area contributed by atoms with Crippen molar-refractivity contribution < 1.29 is 0 Å². The van der Waals surface area contributed by atoms with E-state index in [1.807, 2.05) is 0 Å². The molecule has 0 heterocycles. The van der Waals surface area contributed by atoms with E-state index in [0.29, 0.717) is 0 Å². The molecule has 1 heteroatoms. The van der Waals surface area contributed by atoms with Crippen LogP contribution in [0.4, 0.5) is 11.4 Å². The molecule has 0 saturated carbocycles. The minimum atomic E-state index is -0.0863. The third-order valence-corrected chi connectivity index (χ3v) is 15.7. The van der Waals surface area contributed by atoms with E-state index in [0.717, 1.165) is 32.1 Å². The van der Waals surface area contributed by atoms with Gasteiger partial charge in [0, 0.05) is 16.8 Å². The summed E-state index contributed by atoms with van der Waals surface area (Å²) in [6.45, 7) is 4.75. The smallest absolute Gasteiger partial charge is 0.0559 e. The first-order valence-electron chi connectivity index (χ1n) is 26.0. The Morgan fingerprint density at radius 3 is 1.74 bits per heavy atom. The molecule has 0 radical (unpaired) electrons. The van der Waals surface area contributed by atoms with Crippen molar-refractivity contribution in [2.24, 2.45) is 0 Å². The third kappa shape index (κ3) is 8.00. The summed E-state index contributed by atoms with van der Waals surface area (Å²) in [5.74, 6) is 0. The number of rotatable bonds is 12. The molecule has 9 aromatic rings. The number of para-hydroxylation sites is 1. The molecule has 12 rings (SSSR count). The maximum Gasteiger partial charge on any atom is 0.0559 e. The van der Waals surface area contributed by atoms with Crippen LogP contribution in [0.15, 0.2) is 243 Å². The van der Waals surface area contributed by atoms with Crippen molar-refractivity contribution in [3.05, 3.63) is 271 Å². The second-order valence-electron chi connectivity index (χ2n) is 19.6. The lowest BCUT2D eigenvalue weighted by Crippen LogP contribution is -2.30. The summed E-state index contributed by atoms with van der Waals surface area (Å²) in [6, 6.07) is 74.9. The molecule has 1 unspecified atom stereocenters. The molecule has 0 saturated heterocycles. The van der Waals surface area contributed by atoms with Crippen LogP contribution in [0.25, 0.3) is 84.1 Å². The van der Waals surface area contributed by atoms with Crippen LogP contribution < -0.4 is 4.90 Å². The molecule has 3 aliphatic carbocycles. The predicted molar refractivity (Wildman–Crippen MR) is 309 cm³/mol. The minimum absolute atomic E-state index is 0.0863. The zero-order chi connectivity index (χ0) is 48.4. The van der Waals surface area contributed by atoms with Gasteiger partial charge in [0.05, 0.1) is 6.04 Å². The Morgan fingerprint density at radius 2 is 1.08 bits per heavy atom. The van der Waals surface area contributed by atoms with Crippen LogP contribution in [-0.2, 0) is 5.41 Å². The molecule has 3 aliphatic rings. The zero-order valence-electron chi connectivity index (χ0n) is 41.3. The van der Waals surface area contributed by atoms with Gasteiger partial charge in [-0.15, -0.1) is 0 Å². The van der Waals surface area contributed by atoms with E-state index in [2.05, 4.69) is 274 Å². The number of nitrogens with zero attached hydrogens (tertiary/aromatic N) is 1. The largest absolute Gasteiger partial charge is 0.334 e. The van der Waals surface area contributed by atoms with Crippen molar-refractivity contribution in [2.75, 3.05) is 4.90 Å². The first-order chi connectivity index (χ1) is 35.6. The molecule has 0 aliphatic heterocycles. The Balaban J connectivity index is 0.978. The highest BCUT2D eigenvalue weighted by Crippen LogP contribution is 2.55. The molecule has 0 spiro atoms. The number of anilines is 2. The topological polar surface area (TPSA) is 3.24 Å². The van der Waals surface area contributed by atoms with Gasteiger partial charge in [0.2, 0.25) is 0 Å². The maximum atomic E-state index is 2.53. The van der Waals surface area contributed by atoms with Crippen LogP contribution in [0.5, 0.6) is 0 Å². The lowest BCUT2D eigenvalue weighted by molar-refractivity contribution is 0.490. The number of benzene rings is 9. The normalized spacial score (nSPS) is 15.4. The highest BCUT2D eigenvalue weighted by Gasteiger charge is 2.41. The summed E-state index contributed by atoms with van der Waals surface area (Å²) in [6.07, 6.45) is 25.9. The number of hydrogen-bond donors (Lipinski definition) is 0. The van der Waals surface area contributed by atoms with Gasteiger partial charge in [-0.3, -0.25) is 0 Å². The first kappa shape index (κ1) is 44.9. The van der Waals surface area contributed by atoms with E-state index in [-0.39, 0.29) is 11.5 Å². The molecule has 0 N–H and O–H groups in total. The SMILES string of the molecule is CCC1(CC)c2cc(/C=C/c3ccc(-c4cc(-c5ccccc5)c(-c5ccccc5)c(C5=CCCC=C5)c4-c4ccccc4)c4ccccc34)ccc2-c2ccc(N(c3ccccc3)C3C=CC=CC3)cc21. The molecule has 72 heavy (non-hydrogen) atoms. The highest BCUT2D eigenvalue weighted by molar-refractivity contribution is 6.11. The van der Waals surface area contributed by atoms with Gasteiger partial charge in [0.15, 0.2) is 0 Å². The van der Waals surface area contributed by atoms with Crippen molar-refractivity contribution in [3.63, 3.8) is 0 Å². The molecular formula is C71H59N. The molecule has 1 nitrogen and oxygen atoms in total. The summed E-state index contributed by atoms with van der Waals surface area (Å²) in [7, 11) is 0. The van der Waals surface area contributed by atoms with E-state index < -0.39 is 0 Å². The van der Waals surface area contributed by atoms with Crippen molar-refractivity contribution in [2.45, 2.75) is 57.4 Å². The summed E-state index contributed by atoms with van der Waals surface area (Å²) >= 11 is 0. The van der Waals surface area contributed by atoms with E-state index in [4.69, 9.17) is 0 Å². The Morgan fingerprint density at radius 1 is 0.472 bits per heavy atom. The van der Waals surface area contributed by atoms with Crippen LogP contribution in [0, 0.1) is 0 Å². The zero-order valence-corrected chi connectivity index (χ0v) is 41.3. The van der Waals surface area contributed by atoms with Crippen molar-refractivity contribution in [1.29, 1.82) is 0 Å². The molecule has 0 amide bonds. The van der Waals surface area contributed by atoms with Gasteiger partial charge in [-0.2, -0.15) is 0 Å². The van der Waals surface area contributed by atoms with Gasteiger partial charge in [0.25, 0.3) is 0 Å². The molecule has 0 aromatic heterocycles. The standard InChI is InChI=1S/C71H59N/c1-3-71(4-2)66-47-50(40-44-62(66)63-46-43-58(48-67(63)71)72(56-33-19-9-20-34-56)57-35-21-10-22-36-57)39-41-52-42-45-61(60-38-24-23-37-59(52)60)65-49-64(51-25-11-5-12-26-51)68(53-27-13-6-14-28-53)70(55-31-17-8-18-32-55)69(65)54-29-15-7-16-30-54/h5-7,9-17,19-35,37-49,57H,3-4,8,18,36H2,1-2H3/b41-39+. The van der Waals surface area contributed by atoms with Crippen LogP contribution in [0.3, 0.4) is 0 Å². The summed E-state index contributed by atoms with van der Waals surface area (Å²) in [4.78, 5) is 2.53. The fraction of sp³-hybridized carbons (Fsp3) is 0.127. The van der Waals surface area contributed by atoms with E-state index in [9.17, 15) is 0 Å². The lowest BCUT2D eigenvalue weighted by atomic mass is 9.73. The summed E-state index contributed by atoms with van der Waals surface area (Å²) in [5.41, 5.74) is 22.8. The maximum absolute atomic E-state index is 2.53.